The minimum atomic E-state index is -0.447. The van der Waals surface area contributed by atoms with Crippen molar-refractivity contribution in [2.24, 2.45) is 0 Å². The summed E-state index contributed by atoms with van der Waals surface area (Å²) in [4.78, 5) is 27.4. The first-order valence-corrected chi connectivity index (χ1v) is 7.50. The molecule has 0 radical (unpaired) electrons. The van der Waals surface area contributed by atoms with Gasteiger partial charge >= 0.3 is 6.03 Å². The molecule has 0 fully saturated rings. The van der Waals surface area contributed by atoms with Crippen molar-refractivity contribution in [1.82, 2.24) is 15.6 Å². The van der Waals surface area contributed by atoms with Gasteiger partial charge in [-0.1, -0.05) is 11.6 Å². The second kappa shape index (κ2) is 8.73. The van der Waals surface area contributed by atoms with Crippen LogP contribution in [0.3, 0.4) is 0 Å². The standard InChI is InChI=1S/C16H17ClN4O3/c1-24-15-8-11(6-7-18-15)9-19-16(23)20-10-14(22)21-13-4-2-12(17)3-5-13/h2-8H,9-10H2,1H3,(H,21,22)(H2,19,20,23). The zero-order valence-electron chi connectivity index (χ0n) is 13.0. The first kappa shape index (κ1) is 17.6. The van der Waals surface area contributed by atoms with Gasteiger partial charge in [0.25, 0.3) is 0 Å². The molecule has 126 valence electrons. The van der Waals surface area contributed by atoms with Crippen LogP contribution in [0, 0.1) is 0 Å². The van der Waals surface area contributed by atoms with E-state index in [1.165, 1.54) is 7.11 Å². The number of carbonyl (C=O) groups excluding carboxylic acids is 2. The fraction of sp³-hybridized carbons (Fsp3) is 0.188. The van der Waals surface area contributed by atoms with E-state index in [9.17, 15) is 9.59 Å². The van der Waals surface area contributed by atoms with Crippen molar-refractivity contribution in [2.45, 2.75) is 6.54 Å². The minimum absolute atomic E-state index is 0.145. The predicted octanol–water partition coefficient (Wildman–Crippen LogP) is 2.18. The first-order valence-electron chi connectivity index (χ1n) is 7.13. The fourth-order valence-corrected chi connectivity index (χ4v) is 1.94. The van der Waals surface area contributed by atoms with Crippen molar-refractivity contribution >= 4 is 29.2 Å². The number of benzene rings is 1. The Morgan fingerprint density at radius 2 is 1.92 bits per heavy atom. The molecule has 0 unspecified atom stereocenters. The number of pyridine rings is 1. The summed E-state index contributed by atoms with van der Waals surface area (Å²) in [5.74, 6) is 0.134. The third-order valence-corrected chi connectivity index (χ3v) is 3.25. The highest BCUT2D eigenvalue weighted by Gasteiger charge is 2.06. The van der Waals surface area contributed by atoms with Gasteiger partial charge < -0.3 is 20.7 Å². The Labute approximate surface area is 144 Å². The van der Waals surface area contributed by atoms with Crippen molar-refractivity contribution in [1.29, 1.82) is 0 Å². The molecule has 7 nitrogen and oxygen atoms in total. The Balaban J connectivity index is 1.72. The first-order chi connectivity index (χ1) is 11.6. The van der Waals surface area contributed by atoms with E-state index in [0.717, 1.165) is 5.56 Å². The predicted molar refractivity (Wildman–Crippen MR) is 91.1 cm³/mol. The quantitative estimate of drug-likeness (QED) is 0.746. The Morgan fingerprint density at radius 3 is 2.62 bits per heavy atom. The SMILES string of the molecule is COc1cc(CNC(=O)NCC(=O)Nc2ccc(Cl)cc2)ccn1. The highest BCUT2D eigenvalue weighted by atomic mass is 35.5. The Kier molecular flexibility index (Phi) is 6.39. The summed E-state index contributed by atoms with van der Waals surface area (Å²) in [5.41, 5.74) is 1.44. The number of methoxy groups -OCH3 is 1. The molecule has 2 rings (SSSR count). The third-order valence-electron chi connectivity index (χ3n) is 3.00. The number of urea groups is 1. The number of rotatable bonds is 6. The monoisotopic (exact) mass is 348 g/mol. The smallest absolute Gasteiger partial charge is 0.315 e. The van der Waals surface area contributed by atoms with E-state index in [-0.39, 0.29) is 12.5 Å². The zero-order chi connectivity index (χ0) is 17.4. The van der Waals surface area contributed by atoms with Crippen molar-refractivity contribution < 1.29 is 14.3 Å². The fourth-order valence-electron chi connectivity index (χ4n) is 1.82. The lowest BCUT2D eigenvalue weighted by atomic mass is 10.2. The number of hydrogen-bond donors (Lipinski definition) is 3. The van der Waals surface area contributed by atoms with Gasteiger partial charge in [0.15, 0.2) is 0 Å². The van der Waals surface area contributed by atoms with E-state index in [0.29, 0.717) is 23.1 Å². The van der Waals surface area contributed by atoms with Crippen molar-refractivity contribution in [3.63, 3.8) is 0 Å². The Bertz CT molecular complexity index is 707. The van der Waals surface area contributed by atoms with E-state index in [1.54, 1.807) is 42.6 Å². The molecule has 1 heterocycles. The highest BCUT2D eigenvalue weighted by molar-refractivity contribution is 6.30. The summed E-state index contributed by atoms with van der Waals surface area (Å²) >= 11 is 5.77. The topological polar surface area (TPSA) is 92.4 Å². The number of amides is 3. The van der Waals surface area contributed by atoms with Gasteiger partial charge in [-0.25, -0.2) is 9.78 Å². The lowest BCUT2D eigenvalue weighted by Crippen LogP contribution is -2.39. The molecule has 8 heteroatoms. The van der Waals surface area contributed by atoms with Crippen LogP contribution in [0.1, 0.15) is 5.56 Å². The number of hydrogen-bond acceptors (Lipinski definition) is 4. The molecule has 0 aliphatic rings. The molecule has 3 amide bonds. The summed E-state index contributed by atoms with van der Waals surface area (Å²) in [6.45, 7) is 0.150. The van der Waals surface area contributed by atoms with Gasteiger partial charge in [-0.05, 0) is 35.9 Å². The molecule has 0 saturated carbocycles. The zero-order valence-corrected chi connectivity index (χ0v) is 13.8. The molecule has 0 aliphatic carbocycles. The van der Waals surface area contributed by atoms with Gasteiger partial charge in [0.1, 0.15) is 0 Å². The van der Waals surface area contributed by atoms with Crippen LogP contribution in [0.15, 0.2) is 42.6 Å². The molecule has 0 spiro atoms. The van der Waals surface area contributed by atoms with Crippen molar-refractivity contribution in [3.8, 4) is 5.88 Å². The number of nitrogens with one attached hydrogen (secondary N) is 3. The number of aromatic nitrogens is 1. The Morgan fingerprint density at radius 1 is 1.17 bits per heavy atom. The maximum atomic E-state index is 11.7. The number of carbonyl (C=O) groups is 2. The van der Waals surface area contributed by atoms with Gasteiger partial charge in [-0.2, -0.15) is 0 Å². The highest BCUT2D eigenvalue weighted by Crippen LogP contribution is 2.13. The molecule has 3 N–H and O–H groups in total. The van der Waals surface area contributed by atoms with E-state index >= 15 is 0 Å². The molecule has 0 bridgehead atoms. The van der Waals surface area contributed by atoms with Gasteiger partial charge in [0, 0.05) is 29.5 Å². The van der Waals surface area contributed by atoms with Crippen LogP contribution in [0.4, 0.5) is 10.5 Å². The number of anilines is 1. The lowest BCUT2D eigenvalue weighted by Gasteiger charge is -2.09. The summed E-state index contributed by atoms with van der Waals surface area (Å²) < 4.78 is 5.00. The van der Waals surface area contributed by atoms with Crippen LogP contribution < -0.4 is 20.7 Å². The van der Waals surface area contributed by atoms with Crippen LogP contribution in [-0.4, -0.2) is 30.6 Å². The average molecular weight is 349 g/mol. The summed E-state index contributed by atoms with van der Waals surface area (Å²) in [5, 5.41) is 8.35. The van der Waals surface area contributed by atoms with E-state index in [1.807, 2.05) is 0 Å². The molecule has 1 aromatic heterocycles. The largest absolute Gasteiger partial charge is 0.481 e. The van der Waals surface area contributed by atoms with Gasteiger partial charge in [-0.15, -0.1) is 0 Å². The van der Waals surface area contributed by atoms with Crippen LogP contribution in [0.2, 0.25) is 5.02 Å². The normalized spacial score (nSPS) is 9.92. The third kappa shape index (κ3) is 5.77. The number of nitrogens with zero attached hydrogens (tertiary/aromatic N) is 1. The maximum Gasteiger partial charge on any atom is 0.315 e. The molecule has 24 heavy (non-hydrogen) atoms. The van der Waals surface area contributed by atoms with Crippen LogP contribution >= 0.6 is 11.6 Å². The van der Waals surface area contributed by atoms with E-state index < -0.39 is 6.03 Å². The van der Waals surface area contributed by atoms with Crippen molar-refractivity contribution in [3.05, 3.63) is 53.2 Å². The second-order valence-corrected chi connectivity index (χ2v) is 5.23. The van der Waals surface area contributed by atoms with Crippen LogP contribution in [0.25, 0.3) is 0 Å². The van der Waals surface area contributed by atoms with Crippen molar-refractivity contribution in [2.75, 3.05) is 19.0 Å². The Hall–Kier alpha value is -2.80. The van der Waals surface area contributed by atoms with E-state index in [4.69, 9.17) is 16.3 Å². The van der Waals surface area contributed by atoms with Crippen LogP contribution in [0.5, 0.6) is 5.88 Å². The maximum absolute atomic E-state index is 11.7. The molecular formula is C16H17ClN4O3. The lowest BCUT2D eigenvalue weighted by molar-refractivity contribution is -0.115. The summed E-state index contributed by atoms with van der Waals surface area (Å²) in [6, 6.07) is 9.72. The van der Waals surface area contributed by atoms with Gasteiger partial charge in [-0.3, -0.25) is 4.79 Å². The average Bonchev–Trinajstić information content (AvgIpc) is 2.60. The van der Waals surface area contributed by atoms with Crippen LogP contribution in [-0.2, 0) is 11.3 Å². The van der Waals surface area contributed by atoms with E-state index in [2.05, 4.69) is 20.9 Å². The second-order valence-electron chi connectivity index (χ2n) is 4.80. The number of ether oxygens (including phenoxy) is 1. The molecule has 0 saturated heterocycles. The molecule has 0 atom stereocenters. The summed E-state index contributed by atoms with van der Waals surface area (Å²) in [6.07, 6.45) is 1.59. The molecule has 0 aliphatic heterocycles. The van der Waals surface area contributed by atoms with Gasteiger partial charge in [0.05, 0.1) is 13.7 Å². The molecular weight excluding hydrogens is 332 g/mol. The summed E-state index contributed by atoms with van der Waals surface area (Å²) in [7, 11) is 1.52. The van der Waals surface area contributed by atoms with Gasteiger partial charge in [0.2, 0.25) is 11.8 Å². The molecule has 1 aromatic carbocycles. The number of halogens is 1. The minimum Gasteiger partial charge on any atom is -0.481 e. The molecule has 2 aromatic rings.